The predicted octanol–water partition coefficient (Wildman–Crippen LogP) is 2.35. The molecule has 0 aliphatic heterocycles. The molecule has 3 nitrogen and oxygen atoms in total. The molecule has 0 aromatic carbocycles. The van der Waals surface area contributed by atoms with E-state index in [-0.39, 0.29) is 6.04 Å². The number of nitrogens with two attached hydrogens (primary N) is 1. The average molecular weight is 221 g/mol. The van der Waals surface area contributed by atoms with Gasteiger partial charge in [-0.3, -0.25) is 0 Å². The van der Waals surface area contributed by atoms with E-state index in [1.165, 1.54) is 29.8 Å². The lowest BCUT2D eigenvalue weighted by Crippen LogP contribution is -2.21. The first-order valence-electron chi connectivity index (χ1n) is 5.64. The van der Waals surface area contributed by atoms with Crippen molar-refractivity contribution in [2.75, 3.05) is 0 Å². The predicted molar refractivity (Wildman–Crippen MR) is 61.3 cm³/mol. The van der Waals surface area contributed by atoms with Gasteiger partial charge in [0.25, 0.3) is 0 Å². The maximum absolute atomic E-state index is 6.17. The molecule has 2 aliphatic rings. The number of hydrogen-bond acceptors (Lipinski definition) is 3. The molecule has 1 heterocycles. The summed E-state index contributed by atoms with van der Waals surface area (Å²) in [5.74, 6) is 0.638. The van der Waals surface area contributed by atoms with Gasteiger partial charge in [-0.1, -0.05) is 0 Å². The van der Waals surface area contributed by atoms with E-state index in [1.807, 2.05) is 0 Å². The normalized spacial score (nSPS) is 25.0. The molecule has 0 bridgehead atoms. The van der Waals surface area contributed by atoms with E-state index in [9.17, 15) is 0 Å². The van der Waals surface area contributed by atoms with E-state index >= 15 is 0 Å². The van der Waals surface area contributed by atoms with Crippen LogP contribution in [0, 0.1) is 4.77 Å². The third kappa shape index (κ3) is 1.62. The third-order valence-corrected chi connectivity index (χ3v) is 3.55. The van der Waals surface area contributed by atoms with Gasteiger partial charge in [-0.2, -0.15) is 0 Å². The second kappa shape index (κ2) is 3.39. The number of nitrogens with one attached hydrogen (secondary N) is 1. The molecule has 15 heavy (non-hydrogen) atoms. The van der Waals surface area contributed by atoms with Gasteiger partial charge in [0.15, 0.2) is 4.77 Å². The molecule has 3 N–H and O–H groups in total. The first kappa shape index (κ1) is 9.48. The molecule has 0 spiro atoms. The Morgan fingerprint density at radius 1 is 1.33 bits per heavy atom. The summed E-state index contributed by atoms with van der Waals surface area (Å²) < 4.78 is 0.629. The van der Waals surface area contributed by atoms with E-state index < -0.39 is 0 Å². The first-order valence-corrected chi connectivity index (χ1v) is 6.05. The van der Waals surface area contributed by atoms with Crippen molar-refractivity contribution in [3.8, 4) is 0 Å². The minimum absolute atomic E-state index is 0.170. The summed E-state index contributed by atoms with van der Waals surface area (Å²) in [6.07, 6.45) is 5.83. The van der Waals surface area contributed by atoms with Crippen molar-refractivity contribution in [1.82, 2.24) is 9.97 Å². The van der Waals surface area contributed by atoms with Crippen LogP contribution >= 0.6 is 12.2 Å². The van der Waals surface area contributed by atoms with Crippen LogP contribution in [-0.4, -0.2) is 9.97 Å². The maximum atomic E-state index is 6.17. The number of aromatic nitrogens is 2. The highest BCUT2D eigenvalue weighted by atomic mass is 32.1. The van der Waals surface area contributed by atoms with Crippen molar-refractivity contribution in [2.24, 2.45) is 5.73 Å². The molecular formula is C11H15N3S. The average Bonchev–Trinajstić information content (AvgIpc) is 2.99. The maximum Gasteiger partial charge on any atom is 0.197 e. The fourth-order valence-corrected chi connectivity index (χ4v) is 2.69. The van der Waals surface area contributed by atoms with Gasteiger partial charge in [-0.15, -0.1) is 0 Å². The number of aromatic amines is 1. The second-order valence-electron chi connectivity index (χ2n) is 4.59. The standard InChI is InChI=1S/C11H15N3S/c12-7-2-1-3-8-9(7)10(6-4-5-6)14-11(15)13-8/h6-7H,1-5,12H2,(H,13,14,15). The fourth-order valence-electron chi connectivity index (χ4n) is 2.47. The Balaban J connectivity index is 2.19. The van der Waals surface area contributed by atoms with Crippen LogP contribution in [0.25, 0.3) is 0 Å². The minimum Gasteiger partial charge on any atom is -0.334 e. The van der Waals surface area contributed by atoms with Crippen molar-refractivity contribution in [3.63, 3.8) is 0 Å². The molecule has 1 saturated carbocycles. The molecule has 1 unspecified atom stereocenters. The molecule has 0 amide bonds. The molecule has 0 radical (unpaired) electrons. The monoisotopic (exact) mass is 221 g/mol. The molecule has 2 aliphatic carbocycles. The Kier molecular flexibility index (Phi) is 2.14. The number of nitrogens with zero attached hydrogens (tertiary/aromatic N) is 1. The second-order valence-corrected chi connectivity index (χ2v) is 4.98. The third-order valence-electron chi connectivity index (χ3n) is 3.36. The number of rotatable bonds is 1. The molecule has 1 atom stereocenters. The fraction of sp³-hybridized carbons (Fsp3) is 0.636. The van der Waals surface area contributed by atoms with Crippen LogP contribution in [0.15, 0.2) is 0 Å². The zero-order valence-corrected chi connectivity index (χ0v) is 9.44. The Hall–Kier alpha value is -0.740. The lowest BCUT2D eigenvalue weighted by Gasteiger charge is -2.24. The van der Waals surface area contributed by atoms with Crippen molar-refractivity contribution >= 4 is 12.2 Å². The Morgan fingerprint density at radius 3 is 2.87 bits per heavy atom. The van der Waals surface area contributed by atoms with Gasteiger partial charge in [0.05, 0.1) is 5.69 Å². The van der Waals surface area contributed by atoms with Crippen molar-refractivity contribution < 1.29 is 0 Å². The largest absolute Gasteiger partial charge is 0.334 e. The van der Waals surface area contributed by atoms with Crippen molar-refractivity contribution in [2.45, 2.75) is 44.1 Å². The molecule has 3 rings (SSSR count). The highest BCUT2D eigenvalue weighted by molar-refractivity contribution is 7.71. The summed E-state index contributed by atoms with van der Waals surface area (Å²) in [6.45, 7) is 0. The van der Waals surface area contributed by atoms with Gasteiger partial charge in [0, 0.05) is 23.2 Å². The van der Waals surface area contributed by atoms with Gasteiger partial charge in [0.1, 0.15) is 0 Å². The first-order chi connectivity index (χ1) is 7.25. The quantitative estimate of drug-likeness (QED) is 0.716. The summed E-state index contributed by atoms with van der Waals surface area (Å²) in [4.78, 5) is 7.68. The summed E-state index contributed by atoms with van der Waals surface area (Å²) in [5, 5.41) is 0. The van der Waals surface area contributed by atoms with Gasteiger partial charge in [-0.05, 0) is 44.3 Å². The molecule has 1 aromatic heterocycles. The van der Waals surface area contributed by atoms with Crippen molar-refractivity contribution in [3.05, 3.63) is 21.7 Å². The molecule has 0 saturated heterocycles. The van der Waals surface area contributed by atoms with Gasteiger partial charge < -0.3 is 10.7 Å². The summed E-state index contributed by atoms with van der Waals surface area (Å²) in [6, 6.07) is 0.170. The molecule has 1 aromatic rings. The van der Waals surface area contributed by atoms with Crippen LogP contribution in [0.1, 0.15) is 54.6 Å². The smallest absolute Gasteiger partial charge is 0.197 e. The SMILES string of the molecule is NC1CCCc2[nH]c(=S)nc(C3CC3)c21. The van der Waals surface area contributed by atoms with E-state index in [0.29, 0.717) is 10.7 Å². The van der Waals surface area contributed by atoms with Gasteiger partial charge in [0.2, 0.25) is 0 Å². The Bertz CT molecular complexity index is 448. The number of aryl methyl sites for hydroxylation is 1. The van der Waals surface area contributed by atoms with Crippen LogP contribution in [0.3, 0.4) is 0 Å². The topological polar surface area (TPSA) is 54.7 Å². The molecule has 80 valence electrons. The van der Waals surface area contributed by atoms with Crippen LogP contribution in [-0.2, 0) is 6.42 Å². The van der Waals surface area contributed by atoms with E-state index in [1.54, 1.807) is 0 Å². The van der Waals surface area contributed by atoms with Crippen LogP contribution in [0.4, 0.5) is 0 Å². The summed E-state index contributed by atoms with van der Waals surface area (Å²) in [5.41, 5.74) is 9.89. The number of hydrogen-bond donors (Lipinski definition) is 2. The molecule has 1 fully saturated rings. The highest BCUT2D eigenvalue weighted by Gasteiger charge is 2.32. The van der Waals surface area contributed by atoms with E-state index in [4.69, 9.17) is 18.0 Å². The van der Waals surface area contributed by atoms with E-state index in [2.05, 4.69) is 9.97 Å². The van der Waals surface area contributed by atoms with Crippen molar-refractivity contribution in [1.29, 1.82) is 0 Å². The van der Waals surface area contributed by atoms with Gasteiger partial charge >= 0.3 is 0 Å². The zero-order valence-electron chi connectivity index (χ0n) is 8.62. The summed E-state index contributed by atoms with van der Waals surface area (Å²) >= 11 is 5.16. The Morgan fingerprint density at radius 2 is 2.13 bits per heavy atom. The van der Waals surface area contributed by atoms with Crippen LogP contribution in [0.2, 0.25) is 0 Å². The van der Waals surface area contributed by atoms with Crippen LogP contribution < -0.4 is 5.73 Å². The van der Waals surface area contributed by atoms with Gasteiger partial charge in [-0.25, -0.2) is 4.98 Å². The molecular weight excluding hydrogens is 206 g/mol. The number of fused-ring (bicyclic) bond motifs is 1. The number of H-pyrrole nitrogens is 1. The highest BCUT2D eigenvalue weighted by Crippen LogP contribution is 2.43. The molecule has 4 heteroatoms. The minimum atomic E-state index is 0.170. The lowest BCUT2D eigenvalue weighted by atomic mass is 9.89. The lowest BCUT2D eigenvalue weighted by molar-refractivity contribution is 0.547. The summed E-state index contributed by atoms with van der Waals surface area (Å²) in [7, 11) is 0. The Labute approximate surface area is 94.1 Å². The van der Waals surface area contributed by atoms with Crippen LogP contribution in [0.5, 0.6) is 0 Å². The van der Waals surface area contributed by atoms with E-state index in [0.717, 1.165) is 19.3 Å². The zero-order chi connectivity index (χ0) is 10.4.